The summed E-state index contributed by atoms with van der Waals surface area (Å²) in [5.41, 5.74) is 3.41. The molecule has 0 aromatic carbocycles. The third-order valence-corrected chi connectivity index (χ3v) is 2.55. The first-order valence-electron chi connectivity index (χ1n) is 6.11. The van der Waals surface area contributed by atoms with E-state index in [0.717, 1.165) is 37.6 Å². The van der Waals surface area contributed by atoms with Gasteiger partial charge in [-0.1, -0.05) is 25.1 Å². The van der Waals surface area contributed by atoms with Gasteiger partial charge in [-0.3, -0.25) is 9.88 Å². The Morgan fingerprint density at radius 1 is 1.41 bits per heavy atom. The molecule has 3 heteroatoms. The van der Waals surface area contributed by atoms with E-state index in [9.17, 15) is 0 Å². The number of rotatable bonds is 7. The van der Waals surface area contributed by atoms with Crippen molar-refractivity contribution in [2.75, 3.05) is 20.1 Å². The van der Waals surface area contributed by atoms with E-state index in [4.69, 9.17) is 0 Å². The van der Waals surface area contributed by atoms with Crippen molar-refractivity contribution < 1.29 is 0 Å². The molecule has 0 saturated heterocycles. The van der Waals surface area contributed by atoms with Crippen LogP contribution in [0.15, 0.2) is 30.4 Å². The summed E-state index contributed by atoms with van der Waals surface area (Å²) in [7, 11) is 1.94. The molecule has 3 nitrogen and oxygen atoms in total. The lowest BCUT2D eigenvalue weighted by atomic mass is 10.2. The Balaban J connectivity index is 2.65. The highest BCUT2D eigenvalue weighted by atomic mass is 15.1. The van der Waals surface area contributed by atoms with Gasteiger partial charge in [0, 0.05) is 19.6 Å². The summed E-state index contributed by atoms with van der Waals surface area (Å²) < 4.78 is 0. The average molecular weight is 233 g/mol. The fourth-order valence-corrected chi connectivity index (χ4v) is 1.79. The van der Waals surface area contributed by atoms with Gasteiger partial charge in [-0.2, -0.15) is 0 Å². The third-order valence-electron chi connectivity index (χ3n) is 2.55. The first-order chi connectivity index (χ1) is 8.15. The Morgan fingerprint density at radius 3 is 2.71 bits per heavy atom. The maximum atomic E-state index is 4.62. The van der Waals surface area contributed by atoms with E-state index in [2.05, 4.69) is 53.8 Å². The van der Waals surface area contributed by atoms with Gasteiger partial charge in [0.05, 0.1) is 11.4 Å². The van der Waals surface area contributed by atoms with Crippen LogP contribution < -0.4 is 5.32 Å². The fraction of sp³-hybridized carbons (Fsp3) is 0.500. The number of pyridine rings is 1. The summed E-state index contributed by atoms with van der Waals surface area (Å²) in [5.74, 6) is 0. The van der Waals surface area contributed by atoms with Crippen LogP contribution in [0.3, 0.4) is 0 Å². The molecule has 0 saturated carbocycles. The zero-order chi connectivity index (χ0) is 12.7. The largest absolute Gasteiger partial charge is 0.314 e. The lowest BCUT2D eigenvalue weighted by molar-refractivity contribution is 0.300. The summed E-state index contributed by atoms with van der Waals surface area (Å²) in [6.45, 7) is 11.9. The van der Waals surface area contributed by atoms with Gasteiger partial charge in [0.2, 0.25) is 0 Å². The van der Waals surface area contributed by atoms with Gasteiger partial charge in [-0.05, 0) is 32.6 Å². The van der Waals surface area contributed by atoms with Crippen molar-refractivity contribution in [1.82, 2.24) is 15.2 Å². The number of nitrogens with one attached hydrogen (secondary N) is 1. The molecule has 0 radical (unpaired) electrons. The predicted molar refractivity (Wildman–Crippen MR) is 72.8 cm³/mol. The van der Waals surface area contributed by atoms with Crippen LogP contribution in [0.1, 0.15) is 25.2 Å². The number of hydrogen-bond acceptors (Lipinski definition) is 3. The van der Waals surface area contributed by atoms with E-state index in [0.29, 0.717) is 0 Å². The van der Waals surface area contributed by atoms with E-state index >= 15 is 0 Å². The van der Waals surface area contributed by atoms with Gasteiger partial charge in [-0.25, -0.2) is 0 Å². The maximum absolute atomic E-state index is 4.62. The highest BCUT2D eigenvalue weighted by Gasteiger charge is 2.05. The maximum Gasteiger partial charge on any atom is 0.0547 e. The van der Waals surface area contributed by atoms with Crippen molar-refractivity contribution in [2.45, 2.75) is 26.9 Å². The van der Waals surface area contributed by atoms with Crippen LogP contribution in [0.4, 0.5) is 0 Å². The Labute approximate surface area is 105 Å². The monoisotopic (exact) mass is 233 g/mol. The molecular formula is C14H23N3. The normalized spacial score (nSPS) is 10.8. The van der Waals surface area contributed by atoms with Crippen LogP contribution in [-0.4, -0.2) is 30.0 Å². The van der Waals surface area contributed by atoms with Crippen LogP contribution in [0.2, 0.25) is 0 Å². The minimum absolute atomic E-state index is 0.820. The summed E-state index contributed by atoms with van der Waals surface area (Å²) in [5, 5.41) is 3.12. The van der Waals surface area contributed by atoms with Crippen LogP contribution in [0, 0.1) is 0 Å². The van der Waals surface area contributed by atoms with Gasteiger partial charge < -0.3 is 5.32 Å². The smallest absolute Gasteiger partial charge is 0.0547 e. The van der Waals surface area contributed by atoms with Crippen LogP contribution in [0.5, 0.6) is 0 Å². The molecule has 0 bridgehead atoms. The zero-order valence-electron chi connectivity index (χ0n) is 11.2. The van der Waals surface area contributed by atoms with E-state index < -0.39 is 0 Å². The van der Waals surface area contributed by atoms with E-state index in [1.54, 1.807) is 0 Å². The second-order valence-corrected chi connectivity index (χ2v) is 4.41. The Hall–Kier alpha value is -1.19. The van der Waals surface area contributed by atoms with E-state index in [-0.39, 0.29) is 0 Å². The molecule has 0 amide bonds. The molecule has 0 aliphatic rings. The van der Waals surface area contributed by atoms with Gasteiger partial charge in [0.25, 0.3) is 0 Å². The van der Waals surface area contributed by atoms with E-state index in [1.165, 1.54) is 5.57 Å². The van der Waals surface area contributed by atoms with Crippen LogP contribution in [-0.2, 0) is 13.1 Å². The fourth-order valence-electron chi connectivity index (χ4n) is 1.79. The molecule has 0 unspecified atom stereocenters. The minimum Gasteiger partial charge on any atom is -0.314 e. The summed E-state index contributed by atoms with van der Waals surface area (Å²) in [4.78, 5) is 6.96. The highest BCUT2D eigenvalue weighted by molar-refractivity contribution is 5.11. The van der Waals surface area contributed by atoms with Crippen LogP contribution >= 0.6 is 0 Å². The molecule has 1 rings (SSSR count). The standard InChI is InChI=1S/C14H23N3/c1-5-17(10-12(2)3)11-14-8-6-7-13(16-14)9-15-4/h6-8,15H,2,5,9-11H2,1,3-4H3. The lowest BCUT2D eigenvalue weighted by Crippen LogP contribution is -2.25. The molecule has 0 atom stereocenters. The molecule has 1 heterocycles. The Morgan fingerprint density at radius 2 is 2.12 bits per heavy atom. The molecule has 17 heavy (non-hydrogen) atoms. The molecule has 0 spiro atoms. The summed E-state index contributed by atoms with van der Waals surface area (Å²) >= 11 is 0. The van der Waals surface area contributed by atoms with Gasteiger partial charge in [0.1, 0.15) is 0 Å². The predicted octanol–water partition coefficient (Wildman–Crippen LogP) is 2.20. The molecule has 1 N–H and O–H groups in total. The molecule has 0 fully saturated rings. The number of aromatic nitrogens is 1. The SMILES string of the molecule is C=C(C)CN(CC)Cc1cccc(CNC)n1. The molecule has 1 aromatic rings. The highest BCUT2D eigenvalue weighted by Crippen LogP contribution is 2.05. The van der Waals surface area contributed by atoms with Gasteiger partial charge in [-0.15, -0.1) is 0 Å². The van der Waals surface area contributed by atoms with Gasteiger partial charge >= 0.3 is 0 Å². The molecular weight excluding hydrogens is 210 g/mol. The first-order valence-corrected chi connectivity index (χ1v) is 6.11. The summed E-state index contributed by atoms with van der Waals surface area (Å²) in [6.07, 6.45) is 0. The van der Waals surface area contributed by atoms with Crippen molar-refractivity contribution in [2.24, 2.45) is 0 Å². The van der Waals surface area contributed by atoms with Crippen molar-refractivity contribution in [3.63, 3.8) is 0 Å². The second kappa shape index (κ2) is 7.20. The topological polar surface area (TPSA) is 28.2 Å². The minimum atomic E-state index is 0.820. The van der Waals surface area contributed by atoms with Crippen molar-refractivity contribution in [3.05, 3.63) is 41.7 Å². The lowest BCUT2D eigenvalue weighted by Gasteiger charge is -2.20. The quantitative estimate of drug-likeness (QED) is 0.732. The zero-order valence-corrected chi connectivity index (χ0v) is 11.2. The van der Waals surface area contributed by atoms with Crippen molar-refractivity contribution in [3.8, 4) is 0 Å². The number of nitrogens with zero attached hydrogens (tertiary/aromatic N) is 2. The molecule has 0 aliphatic heterocycles. The van der Waals surface area contributed by atoms with Gasteiger partial charge in [0.15, 0.2) is 0 Å². The van der Waals surface area contributed by atoms with Crippen LogP contribution in [0.25, 0.3) is 0 Å². The molecule has 94 valence electrons. The van der Waals surface area contributed by atoms with E-state index in [1.807, 2.05) is 7.05 Å². The molecule has 1 aromatic heterocycles. The second-order valence-electron chi connectivity index (χ2n) is 4.41. The average Bonchev–Trinajstić information content (AvgIpc) is 2.28. The number of likely N-dealkylation sites (N-methyl/N-ethyl adjacent to an activating group) is 1. The Kier molecular flexibility index (Phi) is 5.87. The first kappa shape index (κ1) is 13.9. The Bertz CT molecular complexity index is 360. The molecule has 0 aliphatic carbocycles. The van der Waals surface area contributed by atoms with Crippen molar-refractivity contribution in [1.29, 1.82) is 0 Å². The van der Waals surface area contributed by atoms with Crippen molar-refractivity contribution >= 4 is 0 Å². The third kappa shape index (κ3) is 5.11. The summed E-state index contributed by atoms with van der Waals surface area (Å²) in [6, 6.07) is 6.21. The number of hydrogen-bond donors (Lipinski definition) is 1.